The van der Waals surface area contributed by atoms with E-state index in [1.807, 2.05) is 33.8 Å². The van der Waals surface area contributed by atoms with Crippen LogP contribution in [0.3, 0.4) is 0 Å². The van der Waals surface area contributed by atoms with Gasteiger partial charge in [-0.2, -0.15) is 13.2 Å². The van der Waals surface area contributed by atoms with Gasteiger partial charge in [0.15, 0.2) is 0 Å². The lowest BCUT2D eigenvalue weighted by atomic mass is 9.77. The zero-order valence-electron chi connectivity index (χ0n) is 18.4. The molecule has 0 aliphatic carbocycles. The Morgan fingerprint density at radius 2 is 1.56 bits per heavy atom. The highest BCUT2D eigenvalue weighted by Gasteiger charge is 2.51. The Bertz CT molecular complexity index is 1110. The highest BCUT2D eigenvalue weighted by molar-refractivity contribution is 7.92. The summed E-state index contributed by atoms with van der Waals surface area (Å²) in [6.45, 7) is 8.10. The van der Waals surface area contributed by atoms with E-state index < -0.39 is 40.1 Å². The van der Waals surface area contributed by atoms with E-state index in [1.165, 1.54) is 4.31 Å². The van der Waals surface area contributed by atoms with Crippen molar-refractivity contribution < 1.29 is 30.9 Å². The van der Waals surface area contributed by atoms with Gasteiger partial charge in [-0.1, -0.05) is 12.1 Å². The highest BCUT2D eigenvalue weighted by Crippen LogP contribution is 2.38. The highest BCUT2D eigenvalue weighted by atomic mass is 32.2. The third kappa shape index (κ3) is 3.93. The van der Waals surface area contributed by atoms with Crippen LogP contribution in [0, 0.1) is 0 Å². The first-order valence-corrected chi connectivity index (χ1v) is 11.8. The van der Waals surface area contributed by atoms with Crippen molar-refractivity contribution in [2.45, 2.75) is 62.8 Å². The summed E-state index contributed by atoms with van der Waals surface area (Å²) in [5, 5.41) is 0. The van der Waals surface area contributed by atoms with Crippen LogP contribution in [0.4, 0.5) is 18.9 Å². The topological polar surface area (TPSA) is 55.8 Å². The number of aryl methyl sites for hydroxylation is 1. The lowest BCUT2D eigenvalue weighted by molar-refractivity contribution is -0.137. The fourth-order valence-corrected chi connectivity index (χ4v) is 5.44. The molecule has 1 saturated heterocycles. The summed E-state index contributed by atoms with van der Waals surface area (Å²) >= 11 is 0. The largest absolute Gasteiger partial charge is 0.494 e. The van der Waals surface area contributed by atoms with Gasteiger partial charge in [0.25, 0.3) is 10.0 Å². The number of benzene rings is 2. The minimum absolute atomic E-state index is 0.173. The van der Waals surface area contributed by atoms with Gasteiger partial charge in [-0.3, -0.25) is 4.31 Å². The van der Waals surface area contributed by atoms with Crippen LogP contribution in [-0.2, 0) is 31.9 Å². The SMILES string of the molecule is CC1(C)OB(c2ccc3c(c2)CCCN3S(=O)(=O)c2ccc(C(F)(F)F)cc2)OC1(C)C. The smallest absolute Gasteiger partial charge is 0.399 e. The van der Waals surface area contributed by atoms with Gasteiger partial charge in [-0.25, -0.2) is 8.42 Å². The maximum atomic E-state index is 13.2. The van der Waals surface area contributed by atoms with Crippen LogP contribution >= 0.6 is 0 Å². The van der Waals surface area contributed by atoms with Crippen molar-refractivity contribution in [3.63, 3.8) is 0 Å². The number of alkyl halides is 3. The average molecular weight is 467 g/mol. The number of anilines is 1. The quantitative estimate of drug-likeness (QED) is 0.637. The van der Waals surface area contributed by atoms with Gasteiger partial charge in [0.2, 0.25) is 0 Å². The van der Waals surface area contributed by atoms with Crippen molar-refractivity contribution in [3.05, 3.63) is 53.6 Å². The van der Waals surface area contributed by atoms with Crippen LogP contribution < -0.4 is 9.77 Å². The van der Waals surface area contributed by atoms with Crippen LogP contribution in [-0.4, -0.2) is 33.3 Å². The Hall–Kier alpha value is -2.04. The van der Waals surface area contributed by atoms with E-state index in [0.29, 0.717) is 18.5 Å². The van der Waals surface area contributed by atoms with Crippen molar-refractivity contribution in [2.75, 3.05) is 10.8 Å². The summed E-state index contributed by atoms with van der Waals surface area (Å²) in [4.78, 5) is -0.173. The van der Waals surface area contributed by atoms with Gasteiger partial charge >= 0.3 is 13.3 Å². The Morgan fingerprint density at radius 1 is 0.969 bits per heavy atom. The van der Waals surface area contributed by atoms with Gasteiger partial charge in [0, 0.05) is 6.54 Å². The first-order valence-electron chi connectivity index (χ1n) is 10.4. The van der Waals surface area contributed by atoms with Gasteiger partial charge in [-0.05, 0) is 81.9 Å². The molecule has 0 saturated carbocycles. The molecule has 0 unspecified atom stereocenters. The van der Waals surface area contributed by atoms with Crippen molar-refractivity contribution in [3.8, 4) is 0 Å². The maximum absolute atomic E-state index is 13.2. The van der Waals surface area contributed by atoms with Crippen LogP contribution in [0.5, 0.6) is 0 Å². The molecule has 0 N–H and O–H groups in total. The number of sulfonamides is 1. The molecule has 32 heavy (non-hydrogen) atoms. The Kier molecular flexibility index (Phi) is 5.42. The predicted molar refractivity (Wildman–Crippen MR) is 116 cm³/mol. The van der Waals surface area contributed by atoms with Crippen molar-refractivity contribution in [1.29, 1.82) is 0 Å². The number of halogens is 3. The van der Waals surface area contributed by atoms with Gasteiger partial charge in [0.1, 0.15) is 0 Å². The molecule has 0 amide bonds. The molecule has 2 aliphatic rings. The summed E-state index contributed by atoms with van der Waals surface area (Å²) in [5.74, 6) is 0. The fraction of sp³-hybridized carbons (Fsp3) is 0.455. The summed E-state index contributed by atoms with van der Waals surface area (Å²) in [6.07, 6.45) is -3.24. The van der Waals surface area contributed by atoms with E-state index >= 15 is 0 Å². The second-order valence-corrected chi connectivity index (χ2v) is 11.0. The summed E-state index contributed by atoms with van der Waals surface area (Å²) in [6, 6.07) is 8.98. The van der Waals surface area contributed by atoms with Gasteiger partial charge < -0.3 is 9.31 Å². The first-order chi connectivity index (χ1) is 14.7. The molecular formula is C22H25BF3NO4S. The molecule has 0 bridgehead atoms. The third-order valence-corrected chi connectivity index (χ3v) is 8.30. The Balaban J connectivity index is 1.64. The number of nitrogens with zero attached hydrogens (tertiary/aromatic N) is 1. The second-order valence-electron chi connectivity index (χ2n) is 9.18. The maximum Gasteiger partial charge on any atom is 0.494 e. The number of rotatable bonds is 3. The Labute approximate surface area is 186 Å². The molecule has 5 nitrogen and oxygen atoms in total. The summed E-state index contributed by atoms with van der Waals surface area (Å²) in [7, 11) is -4.57. The van der Waals surface area contributed by atoms with Crippen LogP contribution in [0.2, 0.25) is 0 Å². The number of hydrogen-bond donors (Lipinski definition) is 0. The Morgan fingerprint density at radius 3 is 2.12 bits per heavy atom. The summed E-state index contributed by atoms with van der Waals surface area (Å²) in [5.41, 5.74) is 0.283. The molecule has 1 fully saturated rings. The van der Waals surface area contributed by atoms with E-state index in [1.54, 1.807) is 12.1 Å². The predicted octanol–water partition coefficient (Wildman–Crippen LogP) is 4.15. The molecule has 4 rings (SSSR count). The molecule has 0 spiro atoms. The zero-order valence-corrected chi connectivity index (χ0v) is 19.2. The van der Waals surface area contributed by atoms with Crippen LogP contribution in [0.15, 0.2) is 47.4 Å². The van der Waals surface area contributed by atoms with E-state index in [2.05, 4.69) is 0 Å². The minimum Gasteiger partial charge on any atom is -0.399 e. The van der Waals surface area contributed by atoms with Gasteiger partial charge in [0.05, 0.1) is 27.3 Å². The zero-order chi connectivity index (χ0) is 23.5. The third-order valence-electron chi connectivity index (χ3n) is 6.47. The second kappa shape index (κ2) is 7.50. The van der Waals surface area contributed by atoms with Crippen LogP contribution in [0.1, 0.15) is 45.2 Å². The first kappa shape index (κ1) is 23.1. The molecule has 0 atom stereocenters. The summed E-state index contributed by atoms with van der Waals surface area (Å²) < 4.78 is 78.4. The standard InChI is InChI=1S/C22H25BF3NO4S/c1-20(2)21(3,4)31-23(30-20)17-9-12-19-15(14-17)6-5-13-27(19)32(28,29)18-10-7-16(8-11-18)22(24,25)26/h7-12,14H,5-6,13H2,1-4H3. The number of hydrogen-bond acceptors (Lipinski definition) is 4. The van der Waals surface area contributed by atoms with Crippen molar-refractivity contribution >= 4 is 28.3 Å². The molecular weight excluding hydrogens is 442 g/mol. The lowest BCUT2D eigenvalue weighted by Gasteiger charge is -2.32. The van der Waals surface area contributed by atoms with Gasteiger partial charge in [-0.15, -0.1) is 0 Å². The molecule has 0 radical (unpaired) electrons. The molecule has 0 aromatic heterocycles. The monoisotopic (exact) mass is 467 g/mol. The number of fused-ring (bicyclic) bond motifs is 1. The van der Waals surface area contributed by atoms with E-state index in [0.717, 1.165) is 35.3 Å². The normalized spacial score (nSPS) is 20.3. The lowest BCUT2D eigenvalue weighted by Crippen LogP contribution is -2.41. The van der Waals surface area contributed by atoms with Crippen molar-refractivity contribution in [2.24, 2.45) is 0 Å². The van der Waals surface area contributed by atoms with E-state index in [-0.39, 0.29) is 11.4 Å². The minimum atomic E-state index is -4.52. The molecule has 172 valence electrons. The van der Waals surface area contributed by atoms with E-state index in [4.69, 9.17) is 9.31 Å². The van der Waals surface area contributed by atoms with E-state index in [9.17, 15) is 21.6 Å². The van der Waals surface area contributed by atoms with Crippen LogP contribution in [0.25, 0.3) is 0 Å². The molecule has 2 aromatic carbocycles. The average Bonchev–Trinajstić information content (AvgIpc) is 2.93. The molecule has 2 aromatic rings. The van der Waals surface area contributed by atoms with Crippen molar-refractivity contribution in [1.82, 2.24) is 0 Å². The fourth-order valence-electron chi connectivity index (χ4n) is 3.90. The molecule has 2 heterocycles. The molecule has 2 aliphatic heterocycles. The molecule has 10 heteroatoms.